The molecule has 0 fully saturated rings. The standard InChI is InChI=1S/C22H21N7O/c1-14-18-10-15(5-8-19(18)28-27-14)4-6-16-11-25-21(13-23-16)26-17-7-9-20(24-12-17)22(30)29(2)3/h4-13H,1-3H3,(H,25,26)(H,27,28)/b6-4+. The van der Waals surface area contributed by atoms with Gasteiger partial charge in [0.2, 0.25) is 0 Å². The molecule has 0 aliphatic rings. The molecule has 3 heterocycles. The summed E-state index contributed by atoms with van der Waals surface area (Å²) in [7, 11) is 3.39. The Bertz CT molecular complexity index is 1210. The van der Waals surface area contributed by atoms with Gasteiger partial charge in [-0.05, 0) is 42.8 Å². The molecule has 3 aromatic heterocycles. The Balaban J connectivity index is 1.42. The molecular weight excluding hydrogens is 378 g/mol. The lowest BCUT2D eigenvalue weighted by molar-refractivity contribution is 0.0822. The number of carbonyl (C=O) groups excluding carboxylic acids is 1. The van der Waals surface area contributed by atoms with Crippen LogP contribution in [-0.4, -0.2) is 50.1 Å². The van der Waals surface area contributed by atoms with Crippen molar-refractivity contribution in [3.05, 3.63) is 71.6 Å². The normalized spacial score (nSPS) is 11.2. The summed E-state index contributed by atoms with van der Waals surface area (Å²) in [5.41, 5.74) is 4.93. The Kier molecular flexibility index (Phi) is 5.21. The number of H-pyrrole nitrogens is 1. The number of anilines is 2. The Hall–Kier alpha value is -4.07. The summed E-state index contributed by atoms with van der Waals surface area (Å²) in [6.45, 7) is 2.00. The summed E-state index contributed by atoms with van der Waals surface area (Å²) in [6, 6.07) is 9.55. The molecule has 0 unspecified atom stereocenters. The Morgan fingerprint density at radius 1 is 1.03 bits per heavy atom. The summed E-state index contributed by atoms with van der Waals surface area (Å²) >= 11 is 0. The number of aromatic amines is 1. The fourth-order valence-corrected chi connectivity index (χ4v) is 2.90. The van der Waals surface area contributed by atoms with Crippen LogP contribution in [0.25, 0.3) is 23.1 Å². The molecule has 150 valence electrons. The zero-order valence-electron chi connectivity index (χ0n) is 16.9. The number of hydrogen-bond acceptors (Lipinski definition) is 6. The van der Waals surface area contributed by atoms with Gasteiger partial charge in [0, 0.05) is 25.2 Å². The van der Waals surface area contributed by atoms with Crippen molar-refractivity contribution in [2.45, 2.75) is 6.92 Å². The molecule has 8 heteroatoms. The van der Waals surface area contributed by atoms with E-state index in [-0.39, 0.29) is 5.91 Å². The van der Waals surface area contributed by atoms with Crippen molar-refractivity contribution in [1.29, 1.82) is 0 Å². The lowest BCUT2D eigenvalue weighted by atomic mass is 10.1. The number of rotatable bonds is 5. The van der Waals surface area contributed by atoms with Crippen LogP contribution in [0.15, 0.2) is 48.9 Å². The van der Waals surface area contributed by atoms with Crippen LogP contribution >= 0.6 is 0 Å². The van der Waals surface area contributed by atoms with Crippen LogP contribution in [-0.2, 0) is 0 Å². The lowest BCUT2D eigenvalue weighted by Crippen LogP contribution is -2.22. The smallest absolute Gasteiger partial charge is 0.271 e. The first kappa shape index (κ1) is 19.3. The van der Waals surface area contributed by atoms with Crippen LogP contribution in [0.1, 0.15) is 27.4 Å². The average molecular weight is 399 g/mol. The molecule has 0 saturated carbocycles. The first-order valence-electron chi connectivity index (χ1n) is 9.39. The molecule has 0 bridgehead atoms. The van der Waals surface area contributed by atoms with E-state index in [4.69, 9.17) is 0 Å². The van der Waals surface area contributed by atoms with Crippen molar-refractivity contribution in [3.8, 4) is 0 Å². The fourth-order valence-electron chi connectivity index (χ4n) is 2.90. The third-order valence-electron chi connectivity index (χ3n) is 4.55. The molecule has 0 atom stereocenters. The lowest BCUT2D eigenvalue weighted by Gasteiger charge is -2.10. The zero-order valence-corrected chi connectivity index (χ0v) is 16.9. The first-order valence-corrected chi connectivity index (χ1v) is 9.39. The molecule has 0 spiro atoms. The van der Waals surface area contributed by atoms with Crippen molar-refractivity contribution in [2.24, 2.45) is 0 Å². The molecule has 0 aliphatic carbocycles. The number of aromatic nitrogens is 5. The molecule has 4 aromatic rings. The van der Waals surface area contributed by atoms with Crippen LogP contribution in [0.3, 0.4) is 0 Å². The van der Waals surface area contributed by atoms with Crippen LogP contribution in [0, 0.1) is 6.92 Å². The van der Waals surface area contributed by atoms with E-state index in [1.807, 2.05) is 31.2 Å². The van der Waals surface area contributed by atoms with Gasteiger partial charge in [0.05, 0.1) is 35.5 Å². The topological polar surface area (TPSA) is 99.7 Å². The van der Waals surface area contributed by atoms with Crippen LogP contribution in [0.5, 0.6) is 0 Å². The van der Waals surface area contributed by atoms with E-state index in [9.17, 15) is 4.79 Å². The highest BCUT2D eigenvalue weighted by molar-refractivity contribution is 5.92. The zero-order chi connectivity index (χ0) is 21.1. The van der Waals surface area contributed by atoms with Crippen molar-refractivity contribution >= 4 is 40.5 Å². The molecule has 1 aromatic carbocycles. The van der Waals surface area contributed by atoms with Gasteiger partial charge in [0.15, 0.2) is 0 Å². The van der Waals surface area contributed by atoms with Gasteiger partial charge in [-0.25, -0.2) is 9.97 Å². The molecule has 0 radical (unpaired) electrons. The summed E-state index contributed by atoms with van der Waals surface area (Å²) < 4.78 is 0. The van der Waals surface area contributed by atoms with E-state index in [2.05, 4.69) is 36.5 Å². The minimum absolute atomic E-state index is 0.139. The number of pyridine rings is 1. The Morgan fingerprint density at radius 3 is 2.60 bits per heavy atom. The minimum Gasteiger partial charge on any atom is -0.343 e. The highest BCUT2D eigenvalue weighted by Gasteiger charge is 2.09. The molecule has 8 nitrogen and oxygen atoms in total. The van der Waals surface area contributed by atoms with Gasteiger partial charge >= 0.3 is 0 Å². The van der Waals surface area contributed by atoms with Crippen molar-refractivity contribution in [1.82, 2.24) is 30.0 Å². The number of nitrogens with zero attached hydrogens (tertiary/aromatic N) is 5. The fraction of sp³-hybridized carbons (Fsp3) is 0.136. The highest BCUT2D eigenvalue weighted by atomic mass is 16.2. The number of fused-ring (bicyclic) bond motifs is 1. The average Bonchev–Trinajstić information content (AvgIpc) is 3.13. The molecule has 0 saturated heterocycles. The van der Waals surface area contributed by atoms with Gasteiger partial charge in [-0.2, -0.15) is 5.10 Å². The predicted octanol–water partition coefficient (Wildman–Crippen LogP) is 3.67. The van der Waals surface area contributed by atoms with Gasteiger partial charge < -0.3 is 10.2 Å². The largest absolute Gasteiger partial charge is 0.343 e. The summed E-state index contributed by atoms with van der Waals surface area (Å²) in [5.74, 6) is 0.454. The van der Waals surface area contributed by atoms with E-state index in [1.165, 1.54) is 4.90 Å². The maximum absolute atomic E-state index is 11.9. The maximum Gasteiger partial charge on any atom is 0.271 e. The number of aryl methyl sites for hydroxylation is 1. The van der Waals surface area contributed by atoms with Crippen molar-refractivity contribution in [3.63, 3.8) is 0 Å². The van der Waals surface area contributed by atoms with Crippen LogP contribution < -0.4 is 5.32 Å². The third kappa shape index (κ3) is 4.17. The molecule has 30 heavy (non-hydrogen) atoms. The van der Waals surface area contributed by atoms with E-state index >= 15 is 0 Å². The summed E-state index contributed by atoms with van der Waals surface area (Å²) in [4.78, 5) is 26.4. The van der Waals surface area contributed by atoms with Crippen LogP contribution in [0.4, 0.5) is 11.5 Å². The Labute approximate surface area is 173 Å². The number of benzene rings is 1. The second kappa shape index (κ2) is 8.12. The maximum atomic E-state index is 11.9. The number of hydrogen-bond donors (Lipinski definition) is 2. The van der Waals surface area contributed by atoms with Gasteiger partial charge in [0.1, 0.15) is 11.5 Å². The van der Waals surface area contributed by atoms with Crippen molar-refractivity contribution in [2.75, 3.05) is 19.4 Å². The minimum atomic E-state index is -0.139. The van der Waals surface area contributed by atoms with Gasteiger partial charge in [0.25, 0.3) is 5.91 Å². The van der Waals surface area contributed by atoms with Crippen molar-refractivity contribution < 1.29 is 4.79 Å². The van der Waals surface area contributed by atoms with Gasteiger partial charge in [-0.1, -0.05) is 12.1 Å². The number of nitrogens with one attached hydrogen (secondary N) is 2. The van der Waals surface area contributed by atoms with E-state index in [0.717, 1.165) is 33.5 Å². The monoisotopic (exact) mass is 399 g/mol. The van der Waals surface area contributed by atoms with Gasteiger partial charge in [-0.15, -0.1) is 0 Å². The SMILES string of the molecule is Cc1[nH]nc2ccc(/C=C/c3cnc(Nc4ccc(C(=O)N(C)C)nc4)cn3)cc12. The Morgan fingerprint density at radius 2 is 1.90 bits per heavy atom. The highest BCUT2D eigenvalue weighted by Crippen LogP contribution is 2.19. The molecule has 0 aliphatic heterocycles. The molecular formula is C22H21N7O. The molecule has 1 amide bonds. The number of carbonyl (C=O) groups is 1. The summed E-state index contributed by atoms with van der Waals surface area (Å²) in [6.07, 6.45) is 8.85. The van der Waals surface area contributed by atoms with Gasteiger partial charge in [-0.3, -0.25) is 14.9 Å². The first-order chi connectivity index (χ1) is 14.5. The predicted molar refractivity (Wildman–Crippen MR) is 117 cm³/mol. The third-order valence-corrected chi connectivity index (χ3v) is 4.55. The summed E-state index contributed by atoms with van der Waals surface area (Å²) in [5, 5.41) is 11.5. The molecule has 2 N–H and O–H groups in total. The second-order valence-electron chi connectivity index (χ2n) is 7.04. The van der Waals surface area contributed by atoms with E-state index in [1.54, 1.807) is 44.8 Å². The van der Waals surface area contributed by atoms with Crippen LogP contribution in [0.2, 0.25) is 0 Å². The van der Waals surface area contributed by atoms with E-state index < -0.39 is 0 Å². The number of amides is 1. The van der Waals surface area contributed by atoms with E-state index in [0.29, 0.717) is 11.5 Å². The second-order valence-corrected chi connectivity index (χ2v) is 7.04. The quantitative estimate of drug-likeness (QED) is 0.531. The molecule has 4 rings (SSSR count).